The summed E-state index contributed by atoms with van der Waals surface area (Å²) in [4.78, 5) is 24.2. The second-order valence-corrected chi connectivity index (χ2v) is 6.78. The molecule has 5 heteroatoms. The van der Waals surface area contributed by atoms with Gasteiger partial charge in [-0.25, -0.2) is 0 Å². The molecule has 0 fully saturated rings. The number of nitrogens with one attached hydrogen (secondary N) is 2. The van der Waals surface area contributed by atoms with Crippen LogP contribution in [0.25, 0.3) is 11.0 Å². The summed E-state index contributed by atoms with van der Waals surface area (Å²) in [6.07, 6.45) is 2.10. The molecule has 2 N–H and O–H groups in total. The third kappa shape index (κ3) is 4.37. The van der Waals surface area contributed by atoms with Crippen LogP contribution in [0, 0.1) is 20.8 Å². The first-order valence-corrected chi connectivity index (χ1v) is 9.04. The fourth-order valence-electron chi connectivity index (χ4n) is 3.00. The largest absolute Gasteiger partial charge is 0.464 e. The highest BCUT2D eigenvalue weighted by Crippen LogP contribution is 2.26. The van der Waals surface area contributed by atoms with Crippen molar-refractivity contribution >= 4 is 28.5 Å². The lowest BCUT2D eigenvalue weighted by molar-refractivity contribution is -0.120. The maximum Gasteiger partial charge on any atom is 0.226 e. The van der Waals surface area contributed by atoms with E-state index in [2.05, 4.69) is 10.6 Å². The fourth-order valence-corrected chi connectivity index (χ4v) is 3.00. The van der Waals surface area contributed by atoms with Crippen molar-refractivity contribution in [3.05, 3.63) is 64.9 Å². The number of benzene rings is 2. The van der Waals surface area contributed by atoms with Gasteiger partial charge in [0.1, 0.15) is 5.58 Å². The van der Waals surface area contributed by atoms with E-state index in [0.717, 1.165) is 38.9 Å². The van der Waals surface area contributed by atoms with Gasteiger partial charge in [-0.1, -0.05) is 30.3 Å². The summed E-state index contributed by atoms with van der Waals surface area (Å²) in [5, 5.41) is 6.62. The Labute approximate surface area is 158 Å². The number of amides is 2. The van der Waals surface area contributed by atoms with E-state index in [1.54, 1.807) is 6.26 Å². The van der Waals surface area contributed by atoms with Crippen molar-refractivity contribution in [3.63, 3.8) is 0 Å². The molecule has 0 radical (unpaired) electrons. The van der Waals surface area contributed by atoms with E-state index in [4.69, 9.17) is 4.42 Å². The first kappa shape index (κ1) is 18.7. The third-order valence-corrected chi connectivity index (χ3v) is 4.79. The molecule has 2 aromatic carbocycles. The van der Waals surface area contributed by atoms with Crippen LogP contribution in [0.4, 0.5) is 5.69 Å². The molecule has 0 saturated carbocycles. The SMILES string of the molecule is Cc1ccccc1NC(=O)CCNC(=O)Cc1coc2c(C)c(C)ccc12. The van der Waals surface area contributed by atoms with Gasteiger partial charge in [0.25, 0.3) is 0 Å². The van der Waals surface area contributed by atoms with Crippen LogP contribution in [0.15, 0.2) is 47.1 Å². The molecule has 3 aromatic rings. The van der Waals surface area contributed by atoms with E-state index in [1.807, 2.05) is 57.2 Å². The normalized spacial score (nSPS) is 10.8. The van der Waals surface area contributed by atoms with E-state index < -0.39 is 0 Å². The lowest BCUT2D eigenvalue weighted by Gasteiger charge is -2.08. The Hall–Kier alpha value is -3.08. The van der Waals surface area contributed by atoms with Gasteiger partial charge in [0.2, 0.25) is 11.8 Å². The van der Waals surface area contributed by atoms with E-state index in [9.17, 15) is 9.59 Å². The van der Waals surface area contributed by atoms with Crippen LogP contribution >= 0.6 is 0 Å². The second-order valence-electron chi connectivity index (χ2n) is 6.78. The zero-order valence-corrected chi connectivity index (χ0v) is 15.9. The van der Waals surface area contributed by atoms with Crippen LogP contribution < -0.4 is 10.6 Å². The molecule has 0 atom stereocenters. The Kier molecular flexibility index (Phi) is 5.60. The number of carbonyl (C=O) groups excluding carboxylic acids is 2. The zero-order valence-electron chi connectivity index (χ0n) is 15.9. The average molecular weight is 364 g/mol. The van der Waals surface area contributed by atoms with Crippen LogP contribution in [0.2, 0.25) is 0 Å². The molecule has 5 nitrogen and oxygen atoms in total. The van der Waals surface area contributed by atoms with Gasteiger partial charge in [-0.15, -0.1) is 0 Å². The van der Waals surface area contributed by atoms with E-state index >= 15 is 0 Å². The molecule has 0 aliphatic heterocycles. The van der Waals surface area contributed by atoms with Crippen molar-refractivity contribution in [2.45, 2.75) is 33.6 Å². The summed E-state index contributed by atoms with van der Waals surface area (Å²) in [7, 11) is 0. The molecule has 1 aromatic heterocycles. The average Bonchev–Trinajstić information content (AvgIpc) is 3.03. The Morgan fingerprint density at radius 3 is 2.52 bits per heavy atom. The number of carbonyl (C=O) groups is 2. The first-order valence-electron chi connectivity index (χ1n) is 9.04. The van der Waals surface area contributed by atoms with Crippen LogP contribution in [-0.2, 0) is 16.0 Å². The smallest absolute Gasteiger partial charge is 0.226 e. The minimum absolute atomic E-state index is 0.121. The summed E-state index contributed by atoms with van der Waals surface area (Å²) in [5.74, 6) is -0.246. The van der Waals surface area contributed by atoms with Gasteiger partial charge in [0.05, 0.1) is 12.7 Å². The van der Waals surface area contributed by atoms with Gasteiger partial charge in [0, 0.05) is 29.6 Å². The summed E-state index contributed by atoms with van der Waals surface area (Å²) in [5.41, 5.74) is 5.74. The van der Waals surface area contributed by atoms with E-state index in [-0.39, 0.29) is 24.7 Å². The van der Waals surface area contributed by atoms with Gasteiger partial charge in [0.15, 0.2) is 0 Å². The fraction of sp³-hybridized carbons (Fsp3) is 0.273. The number of rotatable bonds is 6. The molecule has 27 heavy (non-hydrogen) atoms. The predicted molar refractivity (Wildman–Crippen MR) is 107 cm³/mol. The number of para-hydroxylation sites is 1. The molecule has 2 amide bonds. The lowest BCUT2D eigenvalue weighted by atomic mass is 10.0. The molecule has 140 valence electrons. The maximum atomic E-state index is 12.2. The third-order valence-electron chi connectivity index (χ3n) is 4.79. The summed E-state index contributed by atoms with van der Waals surface area (Å²) < 4.78 is 5.64. The molecule has 0 bridgehead atoms. The van der Waals surface area contributed by atoms with E-state index in [1.165, 1.54) is 0 Å². The molecule has 0 aliphatic carbocycles. The monoisotopic (exact) mass is 364 g/mol. The Bertz CT molecular complexity index is 988. The number of furan rings is 1. The number of hydrogen-bond donors (Lipinski definition) is 2. The molecule has 0 spiro atoms. The predicted octanol–water partition coefficient (Wildman–Crippen LogP) is 4.05. The van der Waals surface area contributed by atoms with Gasteiger partial charge in [-0.3, -0.25) is 9.59 Å². The van der Waals surface area contributed by atoms with Crippen molar-refractivity contribution in [2.24, 2.45) is 0 Å². The van der Waals surface area contributed by atoms with Crippen LogP contribution in [-0.4, -0.2) is 18.4 Å². The van der Waals surface area contributed by atoms with Crippen LogP contribution in [0.3, 0.4) is 0 Å². The van der Waals surface area contributed by atoms with E-state index in [0.29, 0.717) is 6.54 Å². The first-order chi connectivity index (χ1) is 13.0. The van der Waals surface area contributed by atoms with Gasteiger partial charge in [-0.05, 0) is 43.5 Å². The highest BCUT2D eigenvalue weighted by molar-refractivity contribution is 5.92. The molecule has 0 unspecified atom stereocenters. The van der Waals surface area contributed by atoms with Gasteiger partial charge in [-0.2, -0.15) is 0 Å². The summed E-state index contributed by atoms with van der Waals surface area (Å²) in [6, 6.07) is 11.6. The summed E-state index contributed by atoms with van der Waals surface area (Å²) >= 11 is 0. The number of hydrogen-bond acceptors (Lipinski definition) is 3. The van der Waals surface area contributed by atoms with Crippen molar-refractivity contribution in [1.82, 2.24) is 5.32 Å². The highest BCUT2D eigenvalue weighted by atomic mass is 16.3. The standard InChI is InChI=1S/C22H24N2O3/c1-14-8-9-18-17(13-27-22(18)16(14)3)12-21(26)23-11-10-20(25)24-19-7-5-4-6-15(19)2/h4-9,13H,10-12H2,1-3H3,(H,23,26)(H,24,25). The minimum Gasteiger partial charge on any atom is -0.464 e. The molecule has 1 heterocycles. The van der Waals surface area contributed by atoms with Crippen molar-refractivity contribution in [3.8, 4) is 0 Å². The van der Waals surface area contributed by atoms with Gasteiger partial charge >= 0.3 is 0 Å². The zero-order chi connectivity index (χ0) is 19.4. The number of aryl methyl sites for hydroxylation is 3. The molecule has 0 saturated heterocycles. The Morgan fingerprint density at radius 2 is 1.74 bits per heavy atom. The topological polar surface area (TPSA) is 71.3 Å². The summed E-state index contributed by atoms with van der Waals surface area (Å²) in [6.45, 7) is 6.28. The minimum atomic E-state index is -0.125. The van der Waals surface area contributed by atoms with Crippen LogP contribution in [0.1, 0.15) is 28.7 Å². The molecular formula is C22H24N2O3. The van der Waals surface area contributed by atoms with Crippen molar-refractivity contribution in [1.29, 1.82) is 0 Å². The maximum absolute atomic E-state index is 12.2. The molecular weight excluding hydrogens is 340 g/mol. The number of fused-ring (bicyclic) bond motifs is 1. The van der Waals surface area contributed by atoms with Crippen LogP contribution in [0.5, 0.6) is 0 Å². The lowest BCUT2D eigenvalue weighted by Crippen LogP contribution is -2.28. The second kappa shape index (κ2) is 8.08. The van der Waals surface area contributed by atoms with Gasteiger partial charge < -0.3 is 15.1 Å². The Balaban J connectivity index is 1.51. The highest BCUT2D eigenvalue weighted by Gasteiger charge is 2.13. The Morgan fingerprint density at radius 1 is 0.963 bits per heavy atom. The molecule has 3 rings (SSSR count). The molecule has 0 aliphatic rings. The quantitative estimate of drug-likeness (QED) is 0.693. The van der Waals surface area contributed by atoms with Crippen molar-refractivity contribution < 1.29 is 14.0 Å². The van der Waals surface area contributed by atoms with Crippen molar-refractivity contribution in [2.75, 3.05) is 11.9 Å². The number of anilines is 1.